The number of carbonyl (C=O) groups excluding carboxylic acids is 1. The molecule has 1 aliphatic heterocycles. The Kier molecular flexibility index (Phi) is 4.93. The fourth-order valence-electron chi connectivity index (χ4n) is 1.79. The summed E-state index contributed by atoms with van der Waals surface area (Å²) in [5.41, 5.74) is -1.20. The number of carbonyl (C=O) groups is 2. The molecule has 0 aromatic carbocycles. The summed E-state index contributed by atoms with van der Waals surface area (Å²) >= 11 is 0. The summed E-state index contributed by atoms with van der Waals surface area (Å²) in [6, 6.07) is 0. The van der Waals surface area contributed by atoms with Gasteiger partial charge in [0.05, 0.1) is 6.10 Å². The van der Waals surface area contributed by atoms with Gasteiger partial charge in [0.1, 0.15) is 5.54 Å². The lowest BCUT2D eigenvalue weighted by Crippen LogP contribution is -2.49. The molecule has 5 nitrogen and oxygen atoms in total. The van der Waals surface area contributed by atoms with Gasteiger partial charge < -0.3 is 15.2 Å². The third-order valence-electron chi connectivity index (χ3n) is 2.95. The third-order valence-corrected chi connectivity index (χ3v) is 2.95. The highest BCUT2D eigenvalue weighted by Crippen LogP contribution is 2.17. The van der Waals surface area contributed by atoms with Gasteiger partial charge in [-0.1, -0.05) is 0 Å². The van der Waals surface area contributed by atoms with E-state index in [-0.39, 0.29) is 12.0 Å². The lowest BCUT2D eigenvalue weighted by molar-refractivity contribution is -0.146. The van der Waals surface area contributed by atoms with E-state index in [0.717, 1.165) is 25.9 Å². The molecule has 0 radical (unpaired) electrons. The normalized spacial score (nSPS) is 20.9. The summed E-state index contributed by atoms with van der Waals surface area (Å²) < 4.78 is 5.51. The number of aliphatic carboxylic acids is 1. The summed E-state index contributed by atoms with van der Waals surface area (Å²) in [6.45, 7) is 3.72. The van der Waals surface area contributed by atoms with E-state index in [2.05, 4.69) is 5.32 Å². The van der Waals surface area contributed by atoms with Gasteiger partial charge in [-0.25, -0.2) is 4.79 Å². The van der Waals surface area contributed by atoms with Gasteiger partial charge in [0, 0.05) is 13.0 Å². The first kappa shape index (κ1) is 14.0. The van der Waals surface area contributed by atoms with E-state index in [9.17, 15) is 9.59 Å². The summed E-state index contributed by atoms with van der Waals surface area (Å²) in [5, 5.41) is 11.4. The fourth-order valence-corrected chi connectivity index (χ4v) is 1.79. The van der Waals surface area contributed by atoms with Crippen molar-refractivity contribution in [1.29, 1.82) is 0 Å². The minimum Gasteiger partial charge on any atom is -0.480 e. The van der Waals surface area contributed by atoms with Gasteiger partial charge in [-0.2, -0.15) is 0 Å². The lowest BCUT2D eigenvalue weighted by Gasteiger charge is -2.24. The number of hydrogen-bond acceptors (Lipinski definition) is 3. The summed E-state index contributed by atoms with van der Waals surface area (Å²) in [7, 11) is 0. The Morgan fingerprint density at radius 2 is 2.12 bits per heavy atom. The Labute approximate surface area is 102 Å². The van der Waals surface area contributed by atoms with E-state index in [1.165, 1.54) is 13.8 Å². The fraction of sp³-hybridized carbons (Fsp3) is 0.833. The minimum absolute atomic E-state index is 0.155. The van der Waals surface area contributed by atoms with E-state index < -0.39 is 11.5 Å². The van der Waals surface area contributed by atoms with Crippen LogP contribution in [0.3, 0.4) is 0 Å². The average molecular weight is 243 g/mol. The van der Waals surface area contributed by atoms with Crippen LogP contribution >= 0.6 is 0 Å². The van der Waals surface area contributed by atoms with E-state index in [0.29, 0.717) is 12.8 Å². The summed E-state index contributed by atoms with van der Waals surface area (Å²) in [6.07, 6.45) is 4.38. The van der Waals surface area contributed by atoms with Crippen molar-refractivity contribution in [2.75, 3.05) is 6.61 Å². The molecule has 17 heavy (non-hydrogen) atoms. The molecule has 1 rings (SSSR count). The Bertz CT molecular complexity index is 282. The number of ether oxygens (including phenoxy) is 1. The highest BCUT2D eigenvalue weighted by atomic mass is 16.5. The van der Waals surface area contributed by atoms with Gasteiger partial charge in [0.2, 0.25) is 5.91 Å². The number of carboxylic acids is 1. The molecular formula is C12H21NO4. The van der Waals surface area contributed by atoms with Gasteiger partial charge in [0.25, 0.3) is 0 Å². The molecular weight excluding hydrogens is 222 g/mol. The number of amides is 1. The van der Waals surface area contributed by atoms with Gasteiger partial charge >= 0.3 is 5.97 Å². The number of rotatable bonds is 5. The molecule has 0 aromatic heterocycles. The first-order valence-corrected chi connectivity index (χ1v) is 6.08. The largest absolute Gasteiger partial charge is 0.480 e. The van der Waals surface area contributed by atoms with E-state index in [1.54, 1.807) is 0 Å². The molecule has 1 unspecified atom stereocenters. The van der Waals surface area contributed by atoms with Crippen molar-refractivity contribution in [3.05, 3.63) is 0 Å². The van der Waals surface area contributed by atoms with Crippen LogP contribution in [-0.4, -0.2) is 35.2 Å². The van der Waals surface area contributed by atoms with E-state index >= 15 is 0 Å². The van der Waals surface area contributed by atoms with Crippen LogP contribution in [0.4, 0.5) is 0 Å². The van der Waals surface area contributed by atoms with Crippen molar-refractivity contribution < 1.29 is 19.4 Å². The Morgan fingerprint density at radius 1 is 1.41 bits per heavy atom. The number of carboxylic acid groups (broad SMARTS) is 1. The second kappa shape index (κ2) is 6.00. The molecule has 0 aliphatic carbocycles. The maximum absolute atomic E-state index is 11.6. The molecule has 98 valence electrons. The zero-order valence-corrected chi connectivity index (χ0v) is 10.5. The van der Waals surface area contributed by atoms with Gasteiger partial charge in [-0.3, -0.25) is 4.79 Å². The van der Waals surface area contributed by atoms with Crippen molar-refractivity contribution in [3.8, 4) is 0 Å². The molecule has 1 saturated heterocycles. The Hall–Kier alpha value is -1.10. The van der Waals surface area contributed by atoms with Crippen molar-refractivity contribution in [3.63, 3.8) is 0 Å². The SMILES string of the molecule is CC(C)(NC(=O)CCC1CCCCO1)C(=O)O. The maximum Gasteiger partial charge on any atom is 0.328 e. The average Bonchev–Trinajstić information content (AvgIpc) is 2.27. The van der Waals surface area contributed by atoms with Crippen LogP contribution < -0.4 is 5.32 Å². The standard InChI is InChI=1S/C12H21NO4/c1-12(2,11(15)16)13-10(14)7-6-9-5-3-4-8-17-9/h9H,3-8H2,1-2H3,(H,13,14)(H,15,16). The first-order chi connectivity index (χ1) is 7.92. The molecule has 0 aromatic rings. The molecule has 0 bridgehead atoms. The zero-order chi connectivity index (χ0) is 12.9. The Balaban J connectivity index is 2.27. The molecule has 0 spiro atoms. The maximum atomic E-state index is 11.6. The van der Waals surface area contributed by atoms with Crippen molar-refractivity contribution in [1.82, 2.24) is 5.32 Å². The minimum atomic E-state index is -1.20. The third kappa shape index (κ3) is 4.73. The van der Waals surface area contributed by atoms with Gasteiger partial charge in [0.15, 0.2) is 0 Å². The van der Waals surface area contributed by atoms with E-state index in [4.69, 9.17) is 9.84 Å². The van der Waals surface area contributed by atoms with Crippen LogP contribution in [-0.2, 0) is 14.3 Å². The lowest BCUT2D eigenvalue weighted by atomic mass is 10.0. The second-order valence-electron chi connectivity index (χ2n) is 5.01. The molecule has 1 heterocycles. The molecule has 2 N–H and O–H groups in total. The van der Waals surface area contributed by atoms with Crippen molar-refractivity contribution in [2.45, 2.75) is 57.6 Å². The second-order valence-corrected chi connectivity index (χ2v) is 5.01. The summed E-state index contributed by atoms with van der Waals surface area (Å²) in [4.78, 5) is 22.4. The first-order valence-electron chi connectivity index (χ1n) is 6.08. The van der Waals surface area contributed by atoms with Crippen LogP contribution in [0, 0.1) is 0 Å². The molecule has 1 aliphatic rings. The molecule has 0 saturated carbocycles. The van der Waals surface area contributed by atoms with Crippen molar-refractivity contribution in [2.24, 2.45) is 0 Å². The van der Waals surface area contributed by atoms with Crippen LogP contribution in [0.1, 0.15) is 46.0 Å². The smallest absolute Gasteiger partial charge is 0.328 e. The van der Waals surface area contributed by atoms with Crippen LogP contribution in [0.25, 0.3) is 0 Å². The zero-order valence-electron chi connectivity index (χ0n) is 10.5. The van der Waals surface area contributed by atoms with Gasteiger partial charge in [-0.15, -0.1) is 0 Å². The van der Waals surface area contributed by atoms with Gasteiger partial charge in [-0.05, 0) is 39.5 Å². The predicted octanol–water partition coefficient (Wildman–Crippen LogP) is 1.32. The van der Waals surface area contributed by atoms with Crippen molar-refractivity contribution >= 4 is 11.9 Å². The quantitative estimate of drug-likeness (QED) is 0.763. The molecule has 1 amide bonds. The summed E-state index contributed by atoms with van der Waals surface area (Å²) in [5.74, 6) is -1.26. The Morgan fingerprint density at radius 3 is 2.65 bits per heavy atom. The highest BCUT2D eigenvalue weighted by molar-refractivity contribution is 5.86. The van der Waals surface area contributed by atoms with Crippen LogP contribution in [0.15, 0.2) is 0 Å². The molecule has 1 fully saturated rings. The number of nitrogens with one attached hydrogen (secondary N) is 1. The van der Waals surface area contributed by atoms with Crippen LogP contribution in [0.2, 0.25) is 0 Å². The number of hydrogen-bond donors (Lipinski definition) is 2. The highest BCUT2D eigenvalue weighted by Gasteiger charge is 2.29. The topological polar surface area (TPSA) is 75.6 Å². The van der Waals surface area contributed by atoms with E-state index in [1.807, 2.05) is 0 Å². The van der Waals surface area contributed by atoms with Crippen LogP contribution in [0.5, 0.6) is 0 Å². The monoisotopic (exact) mass is 243 g/mol. The predicted molar refractivity (Wildman–Crippen MR) is 62.7 cm³/mol. The molecule has 5 heteroatoms. The molecule has 1 atom stereocenters.